The standard InChI is InChI=1S/C13H27N/c1-6-9-13(5,8-3)10-12(7-2)11(4)14/h6,11-12H,1,7-10,14H2,2-5H3/t11?,12?,13-/m0/s1. The number of hydrogen-bond acceptors (Lipinski definition) is 1. The lowest BCUT2D eigenvalue weighted by Crippen LogP contribution is -2.31. The van der Waals surface area contributed by atoms with Crippen LogP contribution in [0.4, 0.5) is 0 Å². The van der Waals surface area contributed by atoms with E-state index in [9.17, 15) is 0 Å². The molecule has 0 bridgehead atoms. The number of allylic oxidation sites excluding steroid dienone is 1. The van der Waals surface area contributed by atoms with Crippen molar-refractivity contribution < 1.29 is 0 Å². The zero-order valence-corrected chi connectivity index (χ0v) is 10.3. The Morgan fingerprint density at radius 3 is 2.29 bits per heavy atom. The topological polar surface area (TPSA) is 26.0 Å². The number of hydrogen-bond donors (Lipinski definition) is 1. The highest BCUT2D eigenvalue weighted by Gasteiger charge is 2.26. The first kappa shape index (κ1) is 13.7. The molecule has 1 heteroatoms. The number of nitrogens with two attached hydrogens (primary N) is 1. The molecule has 0 aliphatic carbocycles. The van der Waals surface area contributed by atoms with Gasteiger partial charge in [-0.05, 0) is 31.1 Å². The van der Waals surface area contributed by atoms with E-state index in [4.69, 9.17) is 5.73 Å². The molecule has 0 aromatic heterocycles. The van der Waals surface area contributed by atoms with Crippen molar-refractivity contribution in [3.63, 3.8) is 0 Å². The lowest BCUT2D eigenvalue weighted by molar-refractivity contribution is 0.211. The molecular formula is C13H27N. The second kappa shape index (κ2) is 6.23. The SMILES string of the molecule is C=CC[C@](C)(CC)CC(CC)C(C)N. The Balaban J connectivity index is 4.33. The van der Waals surface area contributed by atoms with Crippen molar-refractivity contribution in [3.8, 4) is 0 Å². The molecule has 0 rings (SSSR count). The van der Waals surface area contributed by atoms with Gasteiger partial charge in [0.05, 0.1) is 0 Å². The summed E-state index contributed by atoms with van der Waals surface area (Å²) in [6.07, 6.45) is 6.76. The van der Waals surface area contributed by atoms with E-state index in [1.54, 1.807) is 0 Å². The predicted octanol–water partition coefficient (Wildman–Crippen LogP) is 3.74. The zero-order chi connectivity index (χ0) is 11.2. The molecule has 2 N–H and O–H groups in total. The minimum atomic E-state index is 0.315. The molecule has 0 radical (unpaired) electrons. The van der Waals surface area contributed by atoms with Gasteiger partial charge in [-0.1, -0.05) is 39.7 Å². The molecule has 0 saturated heterocycles. The molecule has 0 saturated carbocycles. The molecule has 1 nitrogen and oxygen atoms in total. The van der Waals surface area contributed by atoms with Gasteiger partial charge in [-0.15, -0.1) is 6.58 Å². The lowest BCUT2D eigenvalue weighted by atomic mass is 9.74. The molecule has 84 valence electrons. The summed E-state index contributed by atoms with van der Waals surface area (Å²) in [5.74, 6) is 0.653. The van der Waals surface area contributed by atoms with Crippen LogP contribution in [-0.2, 0) is 0 Å². The minimum Gasteiger partial charge on any atom is -0.328 e. The summed E-state index contributed by atoms with van der Waals surface area (Å²) in [6, 6.07) is 0.315. The summed E-state index contributed by atoms with van der Waals surface area (Å²) in [6.45, 7) is 12.8. The molecule has 0 spiro atoms. The van der Waals surface area contributed by atoms with Gasteiger partial charge in [0.15, 0.2) is 0 Å². The summed E-state index contributed by atoms with van der Waals surface area (Å²) in [4.78, 5) is 0. The molecule has 2 unspecified atom stereocenters. The average Bonchev–Trinajstić information content (AvgIpc) is 2.14. The summed E-state index contributed by atoms with van der Waals surface area (Å²) in [7, 11) is 0. The van der Waals surface area contributed by atoms with Crippen LogP contribution in [0.3, 0.4) is 0 Å². The van der Waals surface area contributed by atoms with Crippen molar-refractivity contribution in [3.05, 3.63) is 12.7 Å². The van der Waals surface area contributed by atoms with Crippen LogP contribution in [0.25, 0.3) is 0 Å². The van der Waals surface area contributed by atoms with Gasteiger partial charge in [0, 0.05) is 6.04 Å². The van der Waals surface area contributed by atoms with E-state index in [0.717, 1.165) is 6.42 Å². The minimum absolute atomic E-state index is 0.315. The second-order valence-electron chi connectivity index (χ2n) is 4.89. The van der Waals surface area contributed by atoms with E-state index in [-0.39, 0.29) is 0 Å². The van der Waals surface area contributed by atoms with Gasteiger partial charge in [-0.3, -0.25) is 0 Å². The predicted molar refractivity (Wildman–Crippen MR) is 65.3 cm³/mol. The van der Waals surface area contributed by atoms with Gasteiger partial charge >= 0.3 is 0 Å². The normalized spacial score (nSPS) is 19.8. The Morgan fingerprint density at radius 2 is 2.00 bits per heavy atom. The van der Waals surface area contributed by atoms with E-state index >= 15 is 0 Å². The van der Waals surface area contributed by atoms with Crippen LogP contribution in [0.1, 0.15) is 53.4 Å². The van der Waals surface area contributed by atoms with Crippen molar-refractivity contribution in [1.82, 2.24) is 0 Å². The van der Waals surface area contributed by atoms with E-state index in [0.29, 0.717) is 17.4 Å². The first-order chi connectivity index (χ1) is 6.49. The van der Waals surface area contributed by atoms with Gasteiger partial charge in [0.25, 0.3) is 0 Å². The molecule has 0 fully saturated rings. The molecule has 0 aliphatic rings. The highest BCUT2D eigenvalue weighted by molar-refractivity contribution is 4.85. The second-order valence-corrected chi connectivity index (χ2v) is 4.89. The fraction of sp³-hybridized carbons (Fsp3) is 0.846. The van der Waals surface area contributed by atoms with Crippen molar-refractivity contribution in [2.45, 2.75) is 59.4 Å². The van der Waals surface area contributed by atoms with Crippen molar-refractivity contribution in [1.29, 1.82) is 0 Å². The van der Waals surface area contributed by atoms with Crippen LogP contribution in [0.5, 0.6) is 0 Å². The highest BCUT2D eigenvalue weighted by atomic mass is 14.6. The molecule has 0 aliphatic heterocycles. The third-order valence-corrected chi connectivity index (χ3v) is 3.51. The molecule has 3 atom stereocenters. The van der Waals surface area contributed by atoms with E-state index in [1.807, 2.05) is 6.08 Å². The molecule has 0 aromatic carbocycles. The fourth-order valence-electron chi connectivity index (χ4n) is 2.06. The van der Waals surface area contributed by atoms with Crippen molar-refractivity contribution in [2.24, 2.45) is 17.1 Å². The summed E-state index contributed by atoms with van der Waals surface area (Å²) in [5, 5.41) is 0. The average molecular weight is 197 g/mol. The third-order valence-electron chi connectivity index (χ3n) is 3.51. The Labute approximate surface area is 89.8 Å². The van der Waals surface area contributed by atoms with Gasteiger partial charge in [-0.2, -0.15) is 0 Å². The molecule has 0 aromatic rings. The lowest BCUT2D eigenvalue weighted by Gasteiger charge is -2.33. The van der Waals surface area contributed by atoms with Crippen LogP contribution >= 0.6 is 0 Å². The zero-order valence-electron chi connectivity index (χ0n) is 10.3. The molecule has 0 heterocycles. The van der Waals surface area contributed by atoms with Crippen LogP contribution in [0.15, 0.2) is 12.7 Å². The largest absolute Gasteiger partial charge is 0.328 e. The summed E-state index contributed by atoms with van der Waals surface area (Å²) in [5.41, 5.74) is 6.38. The molecule has 14 heavy (non-hydrogen) atoms. The van der Waals surface area contributed by atoms with E-state index in [1.165, 1.54) is 19.3 Å². The highest BCUT2D eigenvalue weighted by Crippen LogP contribution is 2.35. The van der Waals surface area contributed by atoms with Crippen LogP contribution in [0, 0.1) is 11.3 Å². The third kappa shape index (κ3) is 4.28. The maximum Gasteiger partial charge on any atom is 0.00388 e. The molecule has 0 amide bonds. The van der Waals surface area contributed by atoms with Gasteiger partial charge in [0.1, 0.15) is 0 Å². The first-order valence-corrected chi connectivity index (χ1v) is 5.85. The maximum absolute atomic E-state index is 5.98. The van der Waals surface area contributed by atoms with Crippen LogP contribution in [0.2, 0.25) is 0 Å². The number of rotatable bonds is 7. The molecular weight excluding hydrogens is 170 g/mol. The summed E-state index contributed by atoms with van der Waals surface area (Å²) < 4.78 is 0. The fourth-order valence-corrected chi connectivity index (χ4v) is 2.06. The Morgan fingerprint density at radius 1 is 1.43 bits per heavy atom. The van der Waals surface area contributed by atoms with E-state index in [2.05, 4.69) is 34.3 Å². The van der Waals surface area contributed by atoms with Crippen molar-refractivity contribution >= 4 is 0 Å². The van der Waals surface area contributed by atoms with Gasteiger partial charge < -0.3 is 5.73 Å². The Bertz CT molecular complexity index is 163. The van der Waals surface area contributed by atoms with Gasteiger partial charge in [0.2, 0.25) is 0 Å². The first-order valence-electron chi connectivity index (χ1n) is 5.85. The smallest absolute Gasteiger partial charge is 0.00388 e. The van der Waals surface area contributed by atoms with Crippen LogP contribution < -0.4 is 5.73 Å². The maximum atomic E-state index is 5.98. The Kier molecular flexibility index (Phi) is 6.10. The van der Waals surface area contributed by atoms with Gasteiger partial charge in [-0.25, -0.2) is 0 Å². The summed E-state index contributed by atoms with van der Waals surface area (Å²) >= 11 is 0. The monoisotopic (exact) mass is 197 g/mol. The quantitative estimate of drug-likeness (QED) is 0.618. The van der Waals surface area contributed by atoms with Crippen molar-refractivity contribution in [2.75, 3.05) is 0 Å². The van der Waals surface area contributed by atoms with E-state index < -0.39 is 0 Å². The van der Waals surface area contributed by atoms with Crippen LogP contribution in [-0.4, -0.2) is 6.04 Å². The Hall–Kier alpha value is -0.300.